The fourth-order valence-electron chi connectivity index (χ4n) is 1.62. The summed E-state index contributed by atoms with van der Waals surface area (Å²) in [4.78, 5) is 1.08. The molecule has 0 spiro atoms. The van der Waals surface area contributed by atoms with E-state index in [0.717, 1.165) is 10.5 Å². The first-order chi connectivity index (χ1) is 6.18. The molecular formula is C9H10F2N2. The van der Waals surface area contributed by atoms with E-state index >= 15 is 0 Å². The van der Waals surface area contributed by atoms with Gasteiger partial charge in [0.15, 0.2) is 0 Å². The van der Waals surface area contributed by atoms with Gasteiger partial charge in [0.1, 0.15) is 0 Å². The first-order valence-electron chi connectivity index (χ1n) is 4.11. The Labute approximate surface area is 75.0 Å². The standard InChI is InChI=1S/C9H10F2N2/c10-9(11)13-4-3-6-1-2-7(12)5-8(6)13/h1-2,5,9H,3-4,12H2. The summed E-state index contributed by atoms with van der Waals surface area (Å²) in [6.45, 7) is -2.04. The number of hydrogen-bond donors (Lipinski definition) is 1. The zero-order chi connectivity index (χ0) is 9.42. The maximum atomic E-state index is 12.4. The second kappa shape index (κ2) is 2.87. The molecule has 1 aromatic rings. The Balaban J connectivity index is 2.40. The largest absolute Gasteiger partial charge is 0.399 e. The number of benzene rings is 1. The van der Waals surface area contributed by atoms with E-state index in [1.165, 1.54) is 0 Å². The molecule has 13 heavy (non-hydrogen) atoms. The topological polar surface area (TPSA) is 29.3 Å². The van der Waals surface area contributed by atoms with E-state index in [9.17, 15) is 8.78 Å². The maximum absolute atomic E-state index is 12.4. The van der Waals surface area contributed by atoms with E-state index in [-0.39, 0.29) is 0 Å². The van der Waals surface area contributed by atoms with E-state index in [0.29, 0.717) is 24.3 Å². The number of nitrogen functional groups attached to an aromatic ring is 1. The molecule has 2 nitrogen and oxygen atoms in total. The van der Waals surface area contributed by atoms with E-state index in [2.05, 4.69) is 0 Å². The molecule has 0 amide bonds. The fraction of sp³-hybridized carbons (Fsp3) is 0.333. The molecule has 1 aliphatic heterocycles. The van der Waals surface area contributed by atoms with Crippen molar-refractivity contribution in [3.63, 3.8) is 0 Å². The molecule has 2 rings (SSSR count). The molecule has 1 heterocycles. The van der Waals surface area contributed by atoms with Gasteiger partial charge in [-0.05, 0) is 24.1 Å². The van der Waals surface area contributed by atoms with Crippen molar-refractivity contribution in [2.24, 2.45) is 0 Å². The van der Waals surface area contributed by atoms with Crippen LogP contribution in [0.1, 0.15) is 5.56 Å². The number of rotatable bonds is 1. The first-order valence-corrected chi connectivity index (χ1v) is 4.11. The lowest BCUT2D eigenvalue weighted by molar-refractivity contribution is 0.145. The van der Waals surface area contributed by atoms with Crippen LogP contribution in [0.2, 0.25) is 0 Å². The second-order valence-electron chi connectivity index (χ2n) is 3.11. The number of fused-ring (bicyclic) bond motifs is 1. The van der Waals surface area contributed by atoms with Gasteiger partial charge in [0.2, 0.25) is 0 Å². The smallest absolute Gasteiger partial charge is 0.315 e. The molecule has 1 aliphatic rings. The molecule has 0 aliphatic carbocycles. The van der Waals surface area contributed by atoms with Gasteiger partial charge in [-0.1, -0.05) is 6.07 Å². The predicted octanol–water partition coefficient (Wildman–Crippen LogP) is 1.85. The lowest BCUT2D eigenvalue weighted by Gasteiger charge is -2.17. The average molecular weight is 184 g/mol. The van der Waals surface area contributed by atoms with Gasteiger partial charge in [-0.3, -0.25) is 0 Å². The minimum absolute atomic E-state index is 0.385. The Morgan fingerprint density at radius 3 is 2.85 bits per heavy atom. The number of hydrogen-bond acceptors (Lipinski definition) is 2. The Hall–Kier alpha value is -1.32. The molecule has 0 radical (unpaired) electrons. The van der Waals surface area contributed by atoms with Gasteiger partial charge in [0.25, 0.3) is 0 Å². The zero-order valence-corrected chi connectivity index (χ0v) is 7.00. The summed E-state index contributed by atoms with van der Waals surface area (Å²) in [5.74, 6) is 0. The highest BCUT2D eigenvalue weighted by atomic mass is 19.3. The summed E-state index contributed by atoms with van der Waals surface area (Å²) in [6.07, 6.45) is 0.681. The number of alkyl halides is 2. The van der Waals surface area contributed by atoms with E-state index in [4.69, 9.17) is 5.73 Å². The normalized spacial score (nSPS) is 15.2. The molecule has 0 atom stereocenters. The van der Waals surface area contributed by atoms with Gasteiger partial charge < -0.3 is 10.6 Å². The fourth-order valence-corrected chi connectivity index (χ4v) is 1.62. The van der Waals surface area contributed by atoms with Crippen LogP contribution in [0.25, 0.3) is 0 Å². The molecule has 1 aromatic carbocycles. The molecular weight excluding hydrogens is 174 g/mol. The minimum Gasteiger partial charge on any atom is -0.399 e. The Morgan fingerprint density at radius 1 is 1.38 bits per heavy atom. The minimum atomic E-state index is -2.43. The van der Waals surface area contributed by atoms with Crippen LogP contribution in [0, 0.1) is 0 Å². The van der Waals surface area contributed by atoms with Crippen LogP contribution in [-0.2, 0) is 6.42 Å². The van der Waals surface area contributed by atoms with Gasteiger partial charge >= 0.3 is 6.55 Å². The van der Waals surface area contributed by atoms with Crippen molar-refractivity contribution >= 4 is 11.4 Å². The summed E-state index contributed by atoms with van der Waals surface area (Å²) >= 11 is 0. The maximum Gasteiger partial charge on any atom is 0.315 e. The summed E-state index contributed by atoms with van der Waals surface area (Å²) in [5.41, 5.74) is 7.59. The van der Waals surface area contributed by atoms with E-state index in [1.807, 2.05) is 6.07 Å². The highest BCUT2D eigenvalue weighted by molar-refractivity contribution is 5.64. The van der Waals surface area contributed by atoms with Crippen LogP contribution >= 0.6 is 0 Å². The second-order valence-corrected chi connectivity index (χ2v) is 3.11. The third-order valence-corrected chi connectivity index (χ3v) is 2.28. The Kier molecular flexibility index (Phi) is 1.83. The molecule has 0 unspecified atom stereocenters. The first kappa shape index (κ1) is 8.29. The molecule has 0 bridgehead atoms. The lowest BCUT2D eigenvalue weighted by atomic mass is 10.1. The lowest BCUT2D eigenvalue weighted by Crippen LogP contribution is -2.26. The number of nitrogens with zero attached hydrogens (tertiary/aromatic N) is 1. The van der Waals surface area contributed by atoms with Gasteiger partial charge in [-0.15, -0.1) is 0 Å². The average Bonchev–Trinajstić information content (AvgIpc) is 2.46. The monoisotopic (exact) mass is 184 g/mol. The SMILES string of the molecule is Nc1ccc2c(c1)N(C(F)F)CC2. The Bertz CT molecular complexity index is 325. The zero-order valence-electron chi connectivity index (χ0n) is 7.00. The molecule has 4 heteroatoms. The molecule has 0 saturated carbocycles. The molecule has 0 fully saturated rings. The summed E-state index contributed by atoms with van der Waals surface area (Å²) < 4.78 is 24.9. The van der Waals surface area contributed by atoms with Crippen molar-refractivity contribution in [3.05, 3.63) is 23.8 Å². The van der Waals surface area contributed by atoms with Crippen molar-refractivity contribution in [1.82, 2.24) is 0 Å². The Morgan fingerprint density at radius 2 is 2.15 bits per heavy atom. The van der Waals surface area contributed by atoms with Crippen molar-refractivity contribution < 1.29 is 8.78 Å². The van der Waals surface area contributed by atoms with Crippen LogP contribution in [0.4, 0.5) is 20.2 Å². The van der Waals surface area contributed by atoms with Crippen molar-refractivity contribution in [3.8, 4) is 0 Å². The predicted molar refractivity (Wildman–Crippen MR) is 47.9 cm³/mol. The third-order valence-electron chi connectivity index (χ3n) is 2.28. The summed E-state index contributed by atoms with van der Waals surface area (Å²) in [7, 11) is 0. The number of nitrogens with two attached hydrogens (primary N) is 1. The van der Waals surface area contributed by atoms with E-state index < -0.39 is 6.55 Å². The van der Waals surface area contributed by atoms with Gasteiger partial charge in [0, 0.05) is 17.9 Å². The summed E-state index contributed by atoms with van der Waals surface area (Å²) in [5, 5.41) is 0. The highest BCUT2D eigenvalue weighted by Crippen LogP contribution is 2.31. The summed E-state index contributed by atoms with van der Waals surface area (Å²) in [6, 6.07) is 5.16. The van der Waals surface area contributed by atoms with Gasteiger partial charge in [-0.25, -0.2) is 0 Å². The van der Waals surface area contributed by atoms with Crippen LogP contribution in [-0.4, -0.2) is 13.1 Å². The van der Waals surface area contributed by atoms with E-state index in [1.54, 1.807) is 12.1 Å². The van der Waals surface area contributed by atoms with Crippen molar-refractivity contribution in [2.45, 2.75) is 13.0 Å². The number of halogens is 2. The third kappa shape index (κ3) is 1.32. The van der Waals surface area contributed by atoms with Crippen LogP contribution in [0.15, 0.2) is 18.2 Å². The molecule has 70 valence electrons. The van der Waals surface area contributed by atoms with Gasteiger partial charge in [0.05, 0.1) is 0 Å². The van der Waals surface area contributed by atoms with Crippen LogP contribution < -0.4 is 10.6 Å². The van der Waals surface area contributed by atoms with Crippen LogP contribution in [0.5, 0.6) is 0 Å². The molecule has 0 saturated heterocycles. The highest BCUT2D eigenvalue weighted by Gasteiger charge is 2.25. The molecule has 2 N–H and O–H groups in total. The van der Waals surface area contributed by atoms with Crippen molar-refractivity contribution in [2.75, 3.05) is 17.2 Å². The van der Waals surface area contributed by atoms with Crippen LogP contribution in [0.3, 0.4) is 0 Å². The molecule has 0 aromatic heterocycles. The number of anilines is 2. The van der Waals surface area contributed by atoms with Gasteiger partial charge in [-0.2, -0.15) is 8.78 Å². The van der Waals surface area contributed by atoms with Crippen molar-refractivity contribution in [1.29, 1.82) is 0 Å². The quantitative estimate of drug-likeness (QED) is 0.533.